The third-order valence-electron chi connectivity index (χ3n) is 3.93. The monoisotopic (exact) mass is 380 g/mol. The van der Waals surface area contributed by atoms with Crippen molar-refractivity contribution in [3.63, 3.8) is 0 Å². The molecule has 0 aliphatic carbocycles. The van der Waals surface area contributed by atoms with Gasteiger partial charge in [0, 0.05) is 49.0 Å². The number of benzene rings is 2. The minimum Gasteiger partial charge on any atom is -0.497 e. The van der Waals surface area contributed by atoms with E-state index in [9.17, 15) is 9.59 Å². The van der Waals surface area contributed by atoms with Crippen molar-refractivity contribution in [1.82, 2.24) is 5.32 Å². The third-order valence-corrected chi connectivity index (χ3v) is 3.93. The topological polar surface area (TPSA) is 76.7 Å². The van der Waals surface area contributed by atoms with Crippen LogP contribution < -0.4 is 20.1 Å². The summed E-state index contributed by atoms with van der Waals surface area (Å²) >= 11 is 0. The predicted octanol–water partition coefficient (Wildman–Crippen LogP) is 3.93. The minimum atomic E-state index is -0.199. The first kappa shape index (κ1) is 20.8. The van der Waals surface area contributed by atoms with Crippen LogP contribution in [0.5, 0.6) is 11.5 Å². The van der Waals surface area contributed by atoms with Gasteiger partial charge in [-0.05, 0) is 30.7 Å². The predicted molar refractivity (Wildman–Crippen MR) is 111 cm³/mol. The maximum Gasteiger partial charge on any atom is 0.251 e. The number of nitrogens with one attached hydrogen (secondary N) is 2. The summed E-state index contributed by atoms with van der Waals surface area (Å²) in [7, 11) is 3.12. The summed E-state index contributed by atoms with van der Waals surface area (Å²) in [5.41, 5.74) is 2.76. The average Bonchev–Trinajstić information content (AvgIpc) is 2.66. The molecule has 0 heterocycles. The van der Waals surface area contributed by atoms with Crippen molar-refractivity contribution < 1.29 is 19.1 Å². The molecule has 2 N–H and O–H groups in total. The fraction of sp³-hybridized carbons (Fsp3) is 0.182. The number of anilines is 1. The van der Waals surface area contributed by atoms with Crippen LogP contribution >= 0.6 is 0 Å². The number of carbonyl (C=O) groups is 2. The summed E-state index contributed by atoms with van der Waals surface area (Å²) in [4.78, 5) is 23.4. The number of carbonyl (C=O) groups excluding carboxylic acids is 2. The van der Waals surface area contributed by atoms with Crippen LogP contribution in [0, 0.1) is 6.92 Å². The number of methoxy groups -OCH3 is 1. The second kappa shape index (κ2) is 9.41. The summed E-state index contributed by atoms with van der Waals surface area (Å²) in [5.74, 6) is 1.14. The molecule has 0 bridgehead atoms. The molecule has 2 aromatic carbocycles. The highest BCUT2D eigenvalue weighted by Crippen LogP contribution is 2.30. The third kappa shape index (κ3) is 5.23. The molecule has 0 fully saturated rings. The van der Waals surface area contributed by atoms with Crippen LogP contribution in [0.3, 0.4) is 0 Å². The Morgan fingerprint density at radius 3 is 2.43 bits per heavy atom. The molecule has 0 unspecified atom stereocenters. The molecule has 0 atom stereocenters. The molecule has 2 aromatic rings. The summed E-state index contributed by atoms with van der Waals surface area (Å²) in [5, 5.41) is 5.33. The van der Waals surface area contributed by atoms with Gasteiger partial charge in [0.1, 0.15) is 17.3 Å². The largest absolute Gasteiger partial charge is 0.497 e. The Labute approximate surface area is 164 Å². The van der Waals surface area contributed by atoms with Crippen LogP contribution in [0.25, 0.3) is 5.76 Å². The molecule has 0 aliphatic rings. The van der Waals surface area contributed by atoms with Crippen molar-refractivity contribution in [3.8, 4) is 11.5 Å². The van der Waals surface area contributed by atoms with E-state index in [0.29, 0.717) is 28.5 Å². The van der Waals surface area contributed by atoms with Gasteiger partial charge in [0.05, 0.1) is 7.11 Å². The minimum absolute atomic E-state index is 0.187. The molecule has 0 aromatic heterocycles. The molecular formula is C22H24N2O4. The summed E-state index contributed by atoms with van der Waals surface area (Å²) in [6, 6.07) is 10.5. The number of hydrogen-bond acceptors (Lipinski definition) is 4. The standard InChI is InChI=1S/C22H24N2O4/c1-6-7-21(20-10-16(22(26)23-4)9-8-14(20)2)28-19-12-17(24-15(3)25)11-18(13-19)27-5/h6-13H,1H2,2-5H3,(H,23,26)(H,24,25)/b21-7+. The number of ether oxygens (including phenoxy) is 2. The first-order valence-corrected chi connectivity index (χ1v) is 8.68. The van der Waals surface area contributed by atoms with Crippen molar-refractivity contribution in [2.75, 3.05) is 19.5 Å². The number of allylic oxidation sites excluding steroid dienone is 2. The Balaban J connectivity index is 2.47. The number of amides is 2. The highest BCUT2D eigenvalue weighted by atomic mass is 16.5. The van der Waals surface area contributed by atoms with Gasteiger partial charge in [0.25, 0.3) is 5.91 Å². The van der Waals surface area contributed by atoms with Crippen LogP contribution in [-0.4, -0.2) is 26.0 Å². The second-order valence-electron chi connectivity index (χ2n) is 6.06. The zero-order valence-electron chi connectivity index (χ0n) is 16.5. The molecule has 6 heteroatoms. The van der Waals surface area contributed by atoms with Crippen molar-refractivity contribution >= 4 is 23.3 Å². The lowest BCUT2D eigenvalue weighted by Gasteiger charge is -2.15. The smallest absolute Gasteiger partial charge is 0.251 e. The van der Waals surface area contributed by atoms with E-state index in [1.807, 2.05) is 13.0 Å². The van der Waals surface area contributed by atoms with Gasteiger partial charge in [-0.1, -0.05) is 18.7 Å². The van der Waals surface area contributed by atoms with Crippen LogP contribution in [0.2, 0.25) is 0 Å². The molecule has 0 radical (unpaired) electrons. The molecule has 2 amide bonds. The molecule has 0 saturated heterocycles. The van der Waals surface area contributed by atoms with Crippen molar-refractivity contribution in [3.05, 3.63) is 71.8 Å². The highest BCUT2D eigenvalue weighted by Gasteiger charge is 2.13. The molecule has 28 heavy (non-hydrogen) atoms. The van der Waals surface area contributed by atoms with Crippen LogP contribution in [0.1, 0.15) is 28.4 Å². The molecule has 0 aliphatic heterocycles. The van der Waals surface area contributed by atoms with Gasteiger partial charge in [0.15, 0.2) is 0 Å². The van der Waals surface area contributed by atoms with E-state index in [4.69, 9.17) is 9.47 Å². The highest BCUT2D eigenvalue weighted by molar-refractivity contribution is 5.95. The lowest BCUT2D eigenvalue weighted by Crippen LogP contribution is -2.18. The number of aryl methyl sites for hydroxylation is 1. The number of rotatable bonds is 7. The maximum absolute atomic E-state index is 12.0. The van der Waals surface area contributed by atoms with E-state index in [0.717, 1.165) is 11.1 Å². The van der Waals surface area contributed by atoms with Crippen molar-refractivity contribution in [2.24, 2.45) is 0 Å². The van der Waals surface area contributed by atoms with E-state index in [2.05, 4.69) is 17.2 Å². The van der Waals surface area contributed by atoms with Gasteiger partial charge < -0.3 is 20.1 Å². The Morgan fingerprint density at radius 1 is 1.11 bits per heavy atom. The Bertz CT molecular complexity index is 932. The van der Waals surface area contributed by atoms with Gasteiger partial charge >= 0.3 is 0 Å². The zero-order valence-corrected chi connectivity index (χ0v) is 16.5. The first-order valence-electron chi connectivity index (χ1n) is 8.68. The quantitative estimate of drug-likeness (QED) is 0.564. The molecule has 146 valence electrons. The molecule has 2 rings (SSSR count). The van der Waals surface area contributed by atoms with Gasteiger partial charge in [-0.15, -0.1) is 0 Å². The normalized spacial score (nSPS) is 10.8. The number of hydrogen-bond donors (Lipinski definition) is 2. The van der Waals surface area contributed by atoms with E-state index in [-0.39, 0.29) is 11.8 Å². The van der Waals surface area contributed by atoms with E-state index in [1.165, 1.54) is 14.0 Å². The fourth-order valence-electron chi connectivity index (χ4n) is 2.61. The second-order valence-corrected chi connectivity index (χ2v) is 6.06. The van der Waals surface area contributed by atoms with Crippen molar-refractivity contribution in [1.29, 1.82) is 0 Å². The van der Waals surface area contributed by atoms with Crippen LogP contribution in [0.4, 0.5) is 5.69 Å². The zero-order chi connectivity index (χ0) is 20.7. The summed E-state index contributed by atoms with van der Waals surface area (Å²) in [6.07, 6.45) is 3.32. The van der Waals surface area contributed by atoms with Gasteiger partial charge in [-0.3, -0.25) is 9.59 Å². The van der Waals surface area contributed by atoms with Crippen molar-refractivity contribution in [2.45, 2.75) is 13.8 Å². The van der Waals surface area contributed by atoms with E-state index < -0.39 is 0 Å². The SMILES string of the molecule is C=C/C=C(/Oc1cc(NC(C)=O)cc(OC)c1)c1cc(C(=O)NC)ccc1C. The average molecular weight is 380 g/mol. The van der Waals surface area contributed by atoms with Crippen LogP contribution in [0.15, 0.2) is 55.1 Å². The van der Waals surface area contributed by atoms with E-state index in [1.54, 1.807) is 49.5 Å². The van der Waals surface area contributed by atoms with Gasteiger partial charge in [0.2, 0.25) is 5.91 Å². The van der Waals surface area contributed by atoms with Gasteiger partial charge in [-0.2, -0.15) is 0 Å². The Morgan fingerprint density at radius 2 is 1.82 bits per heavy atom. The Kier molecular flexibility index (Phi) is 6.98. The molecule has 0 saturated carbocycles. The fourth-order valence-corrected chi connectivity index (χ4v) is 2.61. The molecular weight excluding hydrogens is 356 g/mol. The van der Waals surface area contributed by atoms with E-state index >= 15 is 0 Å². The molecule has 6 nitrogen and oxygen atoms in total. The lowest BCUT2D eigenvalue weighted by molar-refractivity contribution is -0.114. The van der Waals surface area contributed by atoms with Gasteiger partial charge in [-0.25, -0.2) is 0 Å². The molecule has 0 spiro atoms. The lowest BCUT2D eigenvalue weighted by atomic mass is 10.0. The Hall–Kier alpha value is -3.54. The summed E-state index contributed by atoms with van der Waals surface area (Å²) in [6.45, 7) is 7.10. The maximum atomic E-state index is 12.0. The van der Waals surface area contributed by atoms with Crippen LogP contribution in [-0.2, 0) is 4.79 Å². The first-order chi connectivity index (χ1) is 13.4. The summed E-state index contributed by atoms with van der Waals surface area (Å²) < 4.78 is 11.4.